The number of nitrogens with one attached hydrogen (secondary N) is 1. The normalized spacial score (nSPS) is 18.8. The van der Waals surface area contributed by atoms with Gasteiger partial charge in [-0.05, 0) is 0 Å². The first-order chi connectivity index (χ1) is 6.56. The number of terminal acetylenes is 1. The fraction of sp³-hybridized carbons (Fsp3) is 0.286. The van der Waals surface area contributed by atoms with Crippen molar-refractivity contribution in [3.63, 3.8) is 0 Å². The van der Waals surface area contributed by atoms with E-state index in [0.717, 1.165) is 16.6 Å². The first kappa shape index (κ1) is 10.6. The van der Waals surface area contributed by atoms with E-state index in [1.807, 2.05) is 0 Å². The molecule has 1 aliphatic rings. The van der Waals surface area contributed by atoms with Gasteiger partial charge in [0.1, 0.15) is 13.3 Å². The number of amides is 1. The lowest BCUT2D eigenvalue weighted by atomic mass is 10.6. The molecule has 0 atom stereocenters. The van der Waals surface area contributed by atoms with Crippen LogP contribution in [0.2, 0.25) is 0 Å². The van der Waals surface area contributed by atoms with Gasteiger partial charge >= 0.3 is 10.2 Å². The predicted molar refractivity (Wildman–Crippen MR) is 47.7 cm³/mol. The zero-order valence-electron chi connectivity index (χ0n) is 7.13. The lowest BCUT2D eigenvalue weighted by Crippen LogP contribution is -2.44. The SMILES string of the molecule is C#CCOCN1C=CC(=O)NS1(=O)=O. The van der Waals surface area contributed by atoms with E-state index in [2.05, 4.69) is 5.92 Å². The third-order valence-corrected chi connectivity index (χ3v) is 2.64. The lowest BCUT2D eigenvalue weighted by molar-refractivity contribution is -0.115. The molecule has 0 unspecified atom stereocenters. The van der Waals surface area contributed by atoms with Gasteiger partial charge in [-0.2, -0.15) is 8.42 Å². The average molecular weight is 216 g/mol. The first-order valence-electron chi connectivity index (χ1n) is 3.59. The number of hydrogen-bond donors (Lipinski definition) is 1. The van der Waals surface area contributed by atoms with Crippen LogP contribution in [0.3, 0.4) is 0 Å². The molecule has 0 spiro atoms. The summed E-state index contributed by atoms with van der Waals surface area (Å²) in [5, 5.41) is 0. The first-order valence-corrected chi connectivity index (χ1v) is 5.03. The van der Waals surface area contributed by atoms with Gasteiger partial charge < -0.3 is 4.74 Å². The Kier molecular flexibility index (Phi) is 3.11. The van der Waals surface area contributed by atoms with Crippen molar-refractivity contribution in [1.29, 1.82) is 0 Å². The second-order valence-corrected chi connectivity index (χ2v) is 3.98. The van der Waals surface area contributed by atoms with Crippen LogP contribution >= 0.6 is 0 Å². The summed E-state index contributed by atoms with van der Waals surface area (Å²) in [7, 11) is -3.80. The predicted octanol–water partition coefficient (Wildman–Crippen LogP) is -1.22. The second kappa shape index (κ2) is 4.13. The van der Waals surface area contributed by atoms with Crippen LogP contribution in [0.15, 0.2) is 12.3 Å². The Balaban J connectivity index is 2.65. The molecule has 0 radical (unpaired) electrons. The molecule has 0 aromatic heterocycles. The smallest absolute Gasteiger partial charge is 0.327 e. The van der Waals surface area contributed by atoms with E-state index in [-0.39, 0.29) is 13.3 Å². The Morgan fingerprint density at radius 2 is 2.36 bits per heavy atom. The molecular weight excluding hydrogens is 208 g/mol. The molecule has 14 heavy (non-hydrogen) atoms. The van der Waals surface area contributed by atoms with Crippen molar-refractivity contribution in [2.24, 2.45) is 0 Å². The number of nitrogens with zero attached hydrogens (tertiary/aromatic N) is 1. The van der Waals surface area contributed by atoms with Crippen LogP contribution in [-0.2, 0) is 19.7 Å². The molecule has 0 aromatic rings. The van der Waals surface area contributed by atoms with E-state index in [1.165, 1.54) is 0 Å². The fourth-order valence-corrected chi connectivity index (χ4v) is 1.63. The number of carbonyl (C=O) groups excluding carboxylic acids is 1. The van der Waals surface area contributed by atoms with Crippen LogP contribution in [0.1, 0.15) is 0 Å². The molecule has 0 fully saturated rings. The molecule has 7 heteroatoms. The van der Waals surface area contributed by atoms with Crippen molar-refractivity contribution in [2.75, 3.05) is 13.3 Å². The lowest BCUT2D eigenvalue weighted by Gasteiger charge is -2.22. The van der Waals surface area contributed by atoms with Crippen LogP contribution in [0, 0.1) is 12.3 Å². The quantitative estimate of drug-likeness (QED) is 0.474. The molecule has 1 rings (SSSR count). The summed E-state index contributed by atoms with van der Waals surface area (Å²) in [6.45, 7) is -0.211. The van der Waals surface area contributed by atoms with Gasteiger partial charge in [0.2, 0.25) is 0 Å². The van der Waals surface area contributed by atoms with Crippen molar-refractivity contribution in [3.8, 4) is 12.3 Å². The molecule has 6 nitrogen and oxygen atoms in total. The molecule has 1 heterocycles. The molecule has 0 aliphatic carbocycles. The highest BCUT2D eigenvalue weighted by atomic mass is 32.2. The summed E-state index contributed by atoms with van der Waals surface area (Å²) < 4.78 is 29.8. The maximum atomic E-state index is 11.2. The minimum Gasteiger partial charge on any atom is -0.347 e. The van der Waals surface area contributed by atoms with E-state index < -0.39 is 16.1 Å². The second-order valence-electron chi connectivity index (χ2n) is 2.36. The molecule has 0 bridgehead atoms. The molecular formula is C7H8N2O4S. The highest BCUT2D eigenvalue weighted by molar-refractivity contribution is 7.87. The van der Waals surface area contributed by atoms with Gasteiger partial charge in [0.25, 0.3) is 5.91 Å². The van der Waals surface area contributed by atoms with Crippen LogP contribution in [-0.4, -0.2) is 32.0 Å². The van der Waals surface area contributed by atoms with Crippen LogP contribution < -0.4 is 4.72 Å². The average Bonchev–Trinajstić information content (AvgIpc) is 2.08. The summed E-state index contributed by atoms with van der Waals surface area (Å²) >= 11 is 0. The number of ether oxygens (including phenoxy) is 1. The van der Waals surface area contributed by atoms with Gasteiger partial charge in [0.05, 0.1) is 0 Å². The van der Waals surface area contributed by atoms with Crippen molar-refractivity contribution < 1.29 is 17.9 Å². The highest BCUT2D eigenvalue weighted by Gasteiger charge is 2.24. The Morgan fingerprint density at radius 1 is 1.64 bits per heavy atom. The van der Waals surface area contributed by atoms with Crippen LogP contribution in [0.4, 0.5) is 0 Å². The van der Waals surface area contributed by atoms with Gasteiger partial charge in [0.15, 0.2) is 0 Å². The van der Waals surface area contributed by atoms with Crippen LogP contribution in [0.5, 0.6) is 0 Å². The topological polar surface area (TPSA) is 75.7 Å². The monoisotopic (exact) mass is 216 g/mol. The molecule has 1 amide bonds. The summed E-state index contributed by atoms with van der Waals surface area (Å²) in [4.78, 5) is 10.7. The molecule has 0 aromatic carbocycles. The molecule has 1 N–H and O–H groups in total. The maximum Gasteiger partial charge on any atom is 0.327 e. The van der Waals surface area contributed by atoms with Crippen molar-refractivity contribution in [1.82, 2.24) is 9.03 Å². The third-order valence-electron chi connectivity index (χ3n) is 1.33. The standard InChI is InChI=1S/C7H8N2O4S/c1-2-5-13-6-9-4-3-7(10)8-14(9,11)12/h1,3-4H,5-6H2,(H,8,10). The third kappa shape index (κ3) is 2.48. The Bertz CT molecular complexity index is 392. The summed E-state index contributed by atoms with van der Waals surface area (Å²) in [6, 6.07) is 0. The van der Waals surface area contributed by atoms with E-state index in [0.29, 0.717) is 0 Å². The van der Waals surface area contributed by atoms with Gasteiger partial charge in [-0.25, -0.2) is 9.03 Å². The van der Waals surface area contributed by atoms with E-state index in [1.54, 1.807) is 4.72 Å². The number of rotatable bonds is 3. The van der Waals surface area contributed by atoms with Gasteiger partial charge in [-0.15, -0.1) is 6.42 Å². The highest BCUT2D eigenvalue weighted by Crippen LogP contribution is 2.04. The minimum atomic E-state index is -3.80. The maximum absolute atomic E-state index is 11.2. The number of carbonyl (C=O) groups is 1. The van der Waals surface area contributed by atoms with Crippen molar-refractivity contribution >= 4 is 16.1 Å². The van der Waals surface area contributed by atoms with E-state index >= 15 is 0 Å². The van der Waals surface area contributed by atoms with Crippen molar-refractivity contribution in [3.05, 3.63) is 12.3 Å². The summed E-state index contributed by atoms with van der Waals surface area (Å²) in [5.41, 5.74) is 0. The Morgan fingerprint density at radius 3 is 2.93 bits per heavy atom. The van der Waals surface area contributed by atoms with Gasteiger partial charge in [-0.3, -0.25) is 4.79 Å². The molecule has 1 aliphatic heterocycles. The van der Waals surface area contributed by atoms with E-state index in [4.69, 9.17) is 11.2 Å². The molecule has 76 valence electrons. The Hall–Kier alpha value is -1.52. The molecule has 0 saturated carbocycles. The fourth-order valence-electron chi connectivity index (χ4n) is 0.758. The minimum absolute atomic E-state index is 0.00774. The van der Waals surface area contributed by atoms with Crippen molar-refractivity contribution in [2.45, 2.75) is 0 Å². The largest absolute Gasteiger partial charge is 0.347 e. The summed E-state index contributed by atoms with van der Waals surface area (Å²) in [6.07, 6.45) is 7.10. The molecule has 0 saturated heterocycles. The van der Waals surface area contributed by atoms with Gasteiger partial charge in [0, 0.05) is 12.3 Å². The number of hydrogen-bond acceptors (Lipinski definition) is 4. The zero-order chi connectivity index (χ0) is 10.6. The van der Waals surface area contributed by atoms with Crippen LogP contribution in [0.25, 0.3) is 0 Å². The zero-order valence-corrected chi connectivity index (χ0v) is 7.95. The van der Waals surface area contributed by atoms with E-state index in [9.17, 15) is 13.2 Å². The summed E-state index contributed by atoms with van der Waals surface area (Å²) in [5.74, 6) is 1.51. The Labute approximate surface area is 81.7 Å². The van der Waals surface area contributed by atoms with Gasteiger partial charge in [-0.1, -0.05) is 5.92 Å².